The molecule has 0 unspecified atom stereocenters. The van der Waals surface area contributed by atoms with Crippen molar-refractivity contribution in [2.24, 2.45) is 0 Å². The number of sulfonamides is 1. The normalized spacial score (nSPS) is 17.9. The number of alkyl halides is 6. The maximum absolute atomic E-state index is 13.0. The van der Waals surface area contributed by atoms with E-state index in [4.69, 9.17) is 0 Å². The van der Waals surface area contributed by atoms with Crippen molar-refractivity contribution in [3.05, 3.63) is 29.3 Å². The summed E-state index contributed by atoms with van der Waals surface area (Å²) in [5.74, 6) is 0. The third-order valence-corrected chi connectivity index (χ3v) is 5.39. The van der Waals surface area contributed by atoms with Crippen LogP contribution in [0.15, 0.2) is 23.1 Å². The molecule has 1 N–H and O–H groups in total. The first-order valence-electron chi connectivity index (χ1n) is 7.22. The zero-order valence-corrected chi connectivity index (χ0v) is 13.2. The van der Waals surface area contributed by atoms with E-state index in [1.54, 1.807) is 0 Å². The third-order valence-electron chi connectivity index (χ3n) is 3.83. The number of hydrogen-bond donors (Lipinski definition) is 1. The number of rotatable bonds is 3. The van der Waals surface area contributed by atoms with Gasteiger partial charge in [-0.2, -0.15) is 26.3 Å². The Morgan fingerprint density at radius 3 is 2.00 bits per heavy atom. The molecular formula is C14H15F6NO2S. The van der Waals surface area contributed by atoms with Gasteiger partial charge < -0.3 is 0 Å². The van der Waals surface area contributed by atoms with Gasteiger partial charge in [0.1, 0.15) is 0 Å². The molecule has 0 spiro atoms. The van der Waals surface area contributed by atoms with E-state index in [1.165, 1.54) is 0 Å². The standard InChI is InChI=1S/C14H15F6NO2S/c15-13(16,17)9-6-7-11(14(18,19)20)12(8-9)24(22,23)21-10-4-2-1-3-5-10/h6-8,10,21H,1-5H2. The van der Waals surface area contributed by atoms with Crippen molar-refractivity contribution in [3.8, 4) is 0 Å². The highest BCUT2D eigenvalue weighted by molar-refractivity contribution is 7.89. The van der Waals surface area contributed by atoms with E-state index < -0.39 is 44.4 Å². The molecule has 0 heterocycles. The Bertz CT molecular complexity index is 690. The molecule has 10 heteroatoms. The van der Waals surface area contributed by atoms with Crippen LogP contribution < -0.4 is 4.72 Å². The van der Waals surface area contributed by atoms with Crippen molar-refractivity contribution in [2.45, 2.75) is 55.4 Å². The molecule has 0 saturated heterocycles. The first-order valence-corrected chi connectivity index (χ1v) is 8.70. The highest BCUT2D eigenvalue weighted by Gasteiger charge is 2.40. The first-order chi connectivity index (χ1) is 10.9. The van der Waals surface area contributed by atoms with Crippen LogP contribution in [0.25, 0.3) is 0 Å². The van der Waals surface area contributed by atoms with E-state index in [1.807, 2.05) is 0 Å². The molecule has 0 radical (unpaired) electrons. The first kappa shape index (κ1) is 19.0. The summed E-state index contributed by atoms with van der Waals surface area (Å²) in [5.41, 5.74) is -3.06. The lowest BCUT2D eigenvalue weighted by Crippen LogP contribution is -2.37. The molecule has 2 rings (SSSR count). The maximum atomic E-state index is 13.0. The lowest BCUT2D eigenvalue weighted by Gasteiger charge is -2.24. The minimum atomic E-state index is -5.08. The molecule has 0 aliphatic heterocycles. The number of hydrogen-bond acceptors (Lipinski definition) is 2. The van der Waals surface area contributed by atoms with Crippen molar-refractivity contribution in [1.82, 2.24) is 4.72 Å². The largest absolute Gasteiger partial charge is 0.417 e. The van der Waals surface area contributed by atoms with Gasteiger partial charge in [-0.3, -0.25) is 0 Å². The molecule has 1 saturated carbocycles. The van der Waals surface area contributed by atoms with E-state index in [0.717, 1.165) is 6.42 Å². The molecule has 0 amide bonds. The van der Waals surface area contributed by atoms with Crippen LogP contribution in [0, 0.1) is 0 Å². The maximum Gasteiger partial charge on any atom is 0.417 e. The van der Waals surface area contributed by atoms with Crippen LogP contribution in [0.4, 0.5) is 26.3 Å². The van der Waals surface area contributed by atoms with Crippen LogP contribution in [0.3, 0.4) is 0 Å². The van der Waals surface area contributed by atoms with Crippen LogP contribution in [-0.4, -0.2) is 14.5 Å². The number of halogens is 6. The van der Waals surface area contributed by atoms with Gasteiger partial charge in [0.15, 0.2) is 0 Å². The summed E-state index contributed by atoms with van der Waals surface area (Å²) in [4.78, 5) is -1.39. The molecule has 24 heavy (non-hydrogen) atoms. The molecule has 1 aromatic rings. The van der Waals surface area contributed by atoms with E-state index in [9.17, 15) is 34.8 Å². The summed E-state index contributed by atoms with van der Waals surface area (Å²) in [6.07, 6.45) is -6.83. The molecule has 0 bridgehead atoms. The minimum absolute atomic E-state index is 0.0357. The Kier molecular flexibility index (Phi) is 5.19. The van der Waals surface area contributed by atoms with Crippen molar-refractivity contribution in [2.75, 3.05) is 0 Å². The second-order valence-corrected chi connectivity index (χ2v) is 7.35. The van der Waals surface area contributed by atoms with Gasteiger partial charge in [0, 0.05) is 6.04 Å². The predicted molar refractivity (Wildman–Crippen MR) is 73.6 cm³/mol. The van der Waals surface area contributed by atoms with E-state index in [2.05, 4.69) is 4.72 Å². The Morgan fingerprint density at radius 1 is 0.917 bits per heavy atom. The van der Waals surface area contributed by atoms with Crippen molar-refractivity contribution >= 4 is 10.0 Å². The van der Waals surface area contributed by atoms with Crippen LogP contribution in [0.5, 0.6) is 0 Å². The van der Waals surface area contributed by atoms with Gasteiger partial charge in [0.05, 0.1) is 16.0 Å². The monoisotopic (exact) mass is 375 g/mol. The highest BCUT2D eigenvalue weighted by atomic mass is 32.2. The van der Waals surface area contributed by atoms with Gasteiger partial charge in [-0.05, 0) is 31.0 Å². The van der Waals surface area contributed by atoms with E-state index >= 15 is 0 Å². The number of benzene rings is 1. The summed E-state index contributed by atoms with van der Waals surface area (Å²) < 4.78 is 104. The Hall–Kier alpha value is -1.29. The molecule has 1 fully saturated rings. The van der Waals surface area contributed by atoms with Gasteiger partial charge >= 0.3 is 12.4 Å². The van der Waals surface area contributed by atoms with Crippen LogP contribution in [0.1, 0.15) is 43.2 Å². The van der Waals surface area contributed by atoms with Gasteiger partial charge in [0.25, 0.3) is 0 Å². The quantitative estimate of drug-likeness (QED) is 0.799. The Labute approximate surface area is 135 Å². The average Bonchev–Trinajstić information content (AvgIpc) is 2.45. The molecule has 0 atom stereocenters. The summed E-state index contributed by atoms with van der Waals surface area (Å²) in [7, 11) is -4.73. The van der Waals surface area contributed by atoms with Gasteiger partial charge in [-0.25, -0.2) is 13.1 Å². The van der Waals surface area contributed by atoms with Gasteiger partial charge in [-0.1, -0.05) is 19.3 Å². The Balaban J connectivity index is 2.48. The van der Waals surface area contributed by atoms with Crippen molar-refractivity contribution < 1.29 is 34.8 Å². The molecule has 0 aromatic heterocycles. The Morgan fingerprint density at radius 2 is 1.50 bits per heavy atom. The zero-order valence-electron chi connectivity index (χ0n) is 12.3. The second kappa shape index (κ2) is 6.55. The van der Waals surface area contributed by atoms with Gasteiger partial charge in [-0.15, -0.1) is 0 Å². The molecule has 1 aliphatic carbocycles. The predicted octanol–water partition coefficient (Wildman–Crippen LogP) is 4.34. The summed E-state index contributed by atoms with van der Waals surface area (Å²) >= 11 is 0. The fourth-order valence-corrected chi connectivity index (χ4v) is 4.22. The molecule has 1 aromatic carbocycles. The molecular weight excluding hydrogens is 360 g/mol. The summed E-state index contributed by atoms with van der Waals surface area (Å²) in [6, 6.07) is -0.159. The van der Waals surface area contributed by atoms with Gasteiger partial charge in [0.2, 0.25) is 10.0 Å². The fraction of sp³-hybridized carbons (Fsp3) is 0.571. The minimum Gasteiger partial charge on any atom is -0.208 e. The number of nitrogens with one attached hydrogen (secondary N) is 1. The summed E-state index contributed by atoms with van der Waals surface area (Å²) in [5, 5.41) is 0. The highest BCUT2D eigenvalue weighted by Crippen LogP contribution is 2.38. The summed E-state index contributed by atoms with van der Waals surface area (Å²) in [6.45, 7) is 0. The molecule has 3 nitrogen and oxygen atoms in total. The third kappa shape index (κ3) is 4.41. The smallest absolute Gasteiger partial charge is 0.208 e. The van der Waals surface area contributed by atoms with E-state index in [0.29, 0.717) is 25.7 Å². The topological polar surface area (TPSA) is 46.2 Å². The average molecular weight is 375 g/mol. The van der Waals surface area contributed by atoms with Crippen molar-refractivity contribution in [3.63, 3.8) is 0 Å². The lowest BCUT2D eigenvalue weighted by atomic mass is 9.96. The molecule has 1 aliphatic rings. The van der Waals surface area contributed by atoms with Crippen LogP contribution in [0.2, 0.25) is 0 Å². The van der Waals surface area contributed by atoms with Crippen LogP contribution in [-0.2, 0) is 22.4 Å². The fourth-order valence-electron chi connectivity index (χ4n) is 2.66. The second-order valence-electron chi connectivity index (χ2n) is 5.66. The van der Waals surface area contributed by atoms with Crippen molar-refractivity contribution in [1.29, 1.82) is 0 Å². The molecule has 136 valence electrons. The van der Waals surface area contributed by atoms with E-state index in [-0.39, 0.29) is 18.2 Å². The SMILES string of the molecule is O=S(=O)(NC1CCCCC1)c1cc(C(F)(F)F)ccc1C(F)(F)F. The zero-order chi connectivity index (χ0) is 18.2. The lowest BCUT2D eigenvalue weighted by molar-refractivity contribution is -0.143. The van der Waals surface area contributed by atoms with Crippen LogP contribution >= 0.6 is 0 Å².